The molecule has 1 aromatic carbocycles. The molecule has 0 bridgehead atoms. The molecule has 2 N–H and O–H groups in total. The van der Waals surface area contributed by atoms with Crippen molar-refractivity contribution in [3.8, 4) is 0 Å². The molecule has 1 saturated carbocycles. The van der Waals surface area contributed by atoms with Crippen LogP contribution < -0.4 is 5.73 Å². The molecule has 2 aliphatic carbocycles. The molecule has 0 amide bonds. The normalized spacial score (nSPS) is 26.5. The number of rotatable bonds is 3. The van der Waals surface area contributed by atoms with Crippen LogP contribution in [-0.4, -0.2) is 10.8 Å². The lowest BCUT2D eigenvalue weighted by atomic mass is 9.71. The van der Waals surface area contributed by atoms with Gasteiger partial charge in [-0.25, -0.2) is 4.39 Å². The summed E-state index contributed by atoms with van der Waals surface area (Å²) in [5, 5.41) is 0. The minimum Gasteiger partial charge on any atom is -0.383 e. The van der Waals surface area contributed by atoms with Gasteiger partial charge in [0.1, 0.15) is 17.2 Å². The molecule has 27 heavy (non-hydrogen) atoms. The minimum absolute atomic E-state index is 0.0351. The van der Waals surface area contributed by atoms with Crippen molar-refractivity contribution in [1.82, 2.24) is 4.98 Å². The van der Waals surface area contributed by atoms with E-state index in [0.29, 0.717) is 11.5 Å². The molecule has 5 heteroatoms. The summed E-state index contributed by atoms with van der Waals surface area (Å²) in [6, 6.07) is 9.31. The van der Waals surface area contributed by atoms with Crippen molar-refractivity contribution in [3.63, 3.8) is 0 Å². The van der Waals surface area contributed by atoms with Crippen LogP contribution in [0.1, 0.15) is 47.6 Å². The summed E-state index contributed by atoms with van der Waals surface area (Å²) in [6.07, 6.45) is 11.2. The van der Waals surface area contributed by atoms with Crippen LogP contribution in [0.15, 0.2) is 64.2 Å². The first-order chi connectivity index (χ1) is 13.1. The largest absolute Gasteiger partial charge is 0.383 e. The van der Waals surface area contributed by atoms with Gasteiger partial charge in [-0.1, -0.05) is 46.3 Å². The van der Waals surface area contributed by atoms with Crippen molar-refractivity contribution in [2.24, 2.45) is 16.6 Å². The highest BCUT2D eigenvalue weighted by atomic mass is 79.9. The molecular weight excluding hydrogens is 405 g/mol. The van der Waals surface area contributed by atoms with Gasteiger partial charge in [0.2, 0.25) is 0 Å². The summed E-state index contributed by atoms with van der Waals surface area (Å²) < 4.78 is 15.8. The third-order valence-corrected chi connectivity index (χ3v) is 6.35. The Kier molecular flexibility index (Phi) is 3.83. The highest BCUT2D eigenvalue weighted by Gasteiger charge is 2.48. The fourth-order valence-corrected chi connectivity index (χ4v) is 4.84. The lowest BCUT2D eigenvalue weighted by molar-refractivity contribution is 0.401. The lowest BCUT2D eigenvalue weighted by Gasteiger charge is -2.36. The van der Waals surface area contributed by atoms with E-state index in [-0.39, 0.29) is 17.6 Å². The Hall–Kier alpha value is -2.27. The number of fused-ring (bicyclic) bond motifs is 1. The number of aromatic nitrogens is 1. The predicted molar refractivity (Wildman–Crippen MR) is 108 cm³/mol. The molecule has 0 saturated heterocycles. The minimum atomic E-state index is -0.738. The van der Waals surface area contributed by atoms with Gasteiger partial charge < -0.3 is 5.73 Å². The fraction of sp³-hybridized carbons (Fsp3) is 0.273. The van der Waals surface area contributed by atoms with Gasteiger partial charge in [-0.2, -0.15) is 0 Å². The first kappa shape index (κ1) is 16.9. The number of halogens is 2. The standard InChI is InChI=1S/C22H19BrFN3/c23-16-4-1-3-14(11-16)22(15-9-10-26-19(12-15)13-7-8-13)17-5-2-6-18(24)20(17)21(25)27-22/h1-6,9-10,12-14H,7-8,11H2,(H2,25,27). The summed E-state index contributed by atoms with van der Waals surface area (Å²) in [7, 11) is 0. The van der Waals surface area contributed by atoms with E-state index in [0.717, 1.165) is 27.7 Å². The Morgan fingerprint density at radius 2 is 2.07 bits per heavy atom. The summed E-state index contributed by atoms with van der Waals surface area (Å²) in [5.41, 5.74) is 8.92. The monoisotopic (exact) mass is 423 g/mol. The summed E-state index contributed by atoms with van der Waals surface area (Å²) in [5.74, 6) is 0.520. The number of hydrogen-bond donors (Lipinski definition) is 1. The zero-order chi connectivity index (χ0) is 18.6. The maximum atomic E-state index is 14.6. The SMILES string of the molecule is NC1=NC(c2ccnc(C3CC3)c2)(C2C=CC=C(Br)C2)c2cccc(F)c21. The summed E-state index contributed by atoms with van der Waals surface area (Å²) in [6.45, 7) is 0. The molecule has 2 atom stereocenters. The Bertz CT molecular complexity index is 1020. The maximum Gasteiger partial charge on any atom is 0.134 e. The molecular formula is C22H19BrFN3. The second kappa shape index (κ2) is 6.13. The van der Waals surface area contributed by atoms with Gasteiger partial charge in [0.05, 0.1) is 5.56 Å². The van der Waals surface area contributed by atoms with E-state index >= 15 is 0 Å². The van der Waals surface area contributed by atoms with Crippen molar-refractivity contribution in [2.75, 3.05) is 0 Å². The number of hydrogen-bond acceptors (Lipinski definition) is 3. The molecule has 1 aromatic heterocycles. The van der Waals surface area contributed by atoms with Gasteiger partial charge in [0.25, 0.3) is 0 Å². The average molecular weight is 424 g/mol. The topological polar surface area (TPSA) is 51.3 Å². The van der Waals surface area contributed by atoms with Crippen LogP contribution in [0.25, 0.3) is 0 Å². The number of nitrogens with two attached hydrogens (primary N) is 1. The number of aliphatic imine (C=N–C) groups is 1. The molecule has 2 aromatic rings. The van der Waals surface area contributed by atoms with Crippen molar-refractivity contribution >= 4 is 21.8 Å². The third-order valence-electron chi connectivity index (χ3n) is 5.77. The lowest BCUT2D eigenvalue weighted by Crippen LogP contribution is -2.33. The Morgan fingerprint density at radius 1 is 1.22 bits per heavy atom. The smallest absolute Gasteiger partial charge is 0.134 e. The van der Waals surface area contributed by atoms with Crippen LogP contribution in [0, 0.1) is 11.7 Å². The highest BCUT2D eigenvalue weighted by molar-refractivity contribution is 9.11. The van der Waals surface area contributed by atoms with Crippen LogP contribution in [0.3, 0.4) is 0 Å². The Morgan fingerprint density at radius 3 is 2.85 bits per heavy atom. The zero-order valence-electron chi connectivity index (χ0n) is 14.7. The zero-order valence-corrected chi connectivity index (χ0v) is 16.3. The van der Waals surface area contributed by atoms with E-state index in [1.165, 1.54) is 18.9 Å². The molecule has 136 valence electrons. The van der Waals surface area contributed by atoms with Crippen LogP contribution in [0.4, 0.5) is 4.39 Å². The number of amidine groups is 1. The Balaban J connectivity index is 1.76. The van der Waals surface area contributed by atoms with Gasteiger partial charge in [-0.15, -0.1) is 0 Å². The number of allylic oxidation sites excluding steroid dienone is 3. The van der Waals surface area contributed by atoms with E-state index in [1.807, 2.05) is 30.5 Å². The molecule has 2 unspecified atom stereocenters. The van der Waals surface area contributed by atoms with E-state index in [2.05, 4.69) is 33.1 Å². The van der Waals surface area contributed by atoms with Crippen LogP contribution in [-0.2, 0) is 5.54 Å². The van der Waals surface area contributed by atoms with Crippen molar-refractivity contribution in [2.45, 2.75) is 30.7 Å². The first-order valence-corrected chi connectivity index (χ1v) is 10.0. The molecule has 3 nitrogen and oxygen atoms in total. The molecule has 0 spiro atoms. The molecule has 2 heterocycles. The van der Waals surface area contributed by atoms with Gasteiger partial charge >= 0.3 is 0 Å². The van der Waals surface area contributed by atoms with Gasteiger partial charge in [0.15, 0.2) is 0 Å². The Labute approximate surface area is 166 Å². The van der Waals surface area contributed by atoms with Gasteiger partial charge in [-0.05, 0) is 53.1 Å². The first-order valence-electron chi connectivity index (χ1n) is 9.23. The van der Waals surface area contributed by atoms with E-state index in [4.69, 9.17) is 10.7 Å². The van der Waals surface area contributed by atoms with Crippen LogP contribution in [0.5, 0.6) is 0 Å². The molecule has 1 aliphatic heterocycles. The van der Waals surface area contributed by atoms with Crippen LogP contribution in [0.2, 0.25) is 0 Å². The van der Waals surface area contributed by atoms with E-state index in [9.17, 15) is 4.39 Å². The van der Waals surface area contributed by atoms with Gasteiger partial charge in [-0.3, -0.25) is 9.98 Å². The summed E-state index contributed by atoms with van der Waals surface area (Å²) >= 11 is 3.63. The van der Waals surface area contributed by atoms with Crippen molar-refractivity contribution in [3.05, 3.63) is 87.4 Å². The second-order valence-electron chi connectivity index (χ2n) is 7.48. The second-order valence-corrected chi connectivity index (χ2v) is 8.50. The summed E-state index contributed by atoms with van der Waals surface area (Å²) in [4.78, 5) is 9.49. The predicted octanol–water partition coefficient (Wildman–Crippen LogP) is 4.92. The molecule has 3 aliphatic rings. The van der Waals surface area contributed by atoms with Gasteiger partial charge in [0, 0.05) is 23.7 Å². The third kappa shape index (κ3) is 2.59. The van der Waals surface area contributed by atoms with Crippen LogP contribution >= 0.6 is 15.9 Å². The molecule has 5 rings (SSSR count). The van der Waals surface area contributed by atoms with Crippen molar-refractivity contribution < 1.29 is 4.39 Å². The molecule has 0 radical (unpaired) electrons. The van der Waals surface area contributed by atoms with E-state index < -0.39 is 5.54 Å². The number of nitrogens with zero attached hydrogens (tertiary/aromatic N) is 2. The number of pyridine rings is 1. The van der Waals surface area contributed by atoms with Crippen molar-refractivity contribution in [1.29, 1.82) is 0 Å². The van der Waals surface area contributed by atoms with E-state index in [1.54, 1.807) is 6.07 Å². The number of benzene rings is 1. The molecule has 1 fully saturated rings. The maximum absolute atomic E-state index is 14.6. The fourth-order valence-electron chi connectivity index (χ4n) is 4.34. The quantitative estimate of drug-likeness (QED) is 0.761. The average Bonchev–Trinajstić information content (AvgIpc) is 3.47. The highest BCUT2D eigenvalue weighted by Crippen LogP contribution is 2.51.